The van der Waals surface area contributed by atoms with E-state index >= 15 is 0 Å². The highest BCUT2D eigenvalue weighted by molar-refractivity contribution is 5.95. The van der Waals surface area contributed by atoms with Gasteiger partial charge in [0.1, 0.15) is 17.4 Å². The van der Waals surface area contributed by atoms with Gasteiger partial charge in [0.25, 0.3) is 0 Å². The van der Waals surface area contributed by atoms with Gasteiger partial charge in [0.05, 0.1) is 5.56 Å². The van der Waals surface area contributed by atoms with E-state index in [1.165, 1.54) is 12.3 Å². The molecule has 4 N–H and O–H groups in total. The van der Waals surface area contributed by atoms with Gasteiger partial charge < -0.3 is 15.5 Å². The highest BCUT2D eigenvalue weighted by atomic mass is 19.3. The van der Waals surface area contributed by atoms with E-state index in [1.807, 2.05) is 0 Å². The highest BCUT2D eigenvalue weighted by Gasteiger charge is 2.20. The van der Waals surface area contributed by atoms with Gasteiger partial charge in [0.15, 0.2) is 11.6 Å². The Hall–Kier alpha value is -3.03. The topological polar surface area (TPSA) is 74.9 Å². The molecule has 0 amide bonds. The summed E-state index contributed by atoms with van der Waals surface area (Å²) in [5, 5.41) is 7.73. The second-order valence-electron chi connectivity index (χ2n) is 5.36. The smallest absolute Gasteiger partial charge is 0.242 e. The molecule has 8 heteroatoms. The number of nitrogens with two attached hydrogens (primary N) is 1. The van der Waals surface area contributed by atoms with Crippen molar-refractivity contribution in [1.82, 2.24) is 4.98 Å². The predicted molar refractivity (Wildman–Crippen MR) is 85.5 cm³/mol. The lowest BCUT2D eigenvalue weighted by Crippen LogP contribution is -2.13. The standard InChI is InChI=1S/C17H13F4N3O/c18-12-2-1-8(5-11(12)17(22)23)25-16-10(6-15(20)21)9-3-4-24-14(9)7-13(16)19/h1-5,7,15,24H,6H2,(H3,22,23). The van der Waals surface area contributed by atoms with Crippen LogP contribution in [0.3, 0.4) is 0 Å². The van der Waals surface area contributed by atoms with Crippen molar-refractivity contribution < 1.29 is 22.3 Å². The van der Waals surface area contributed by atoms with E-state index in [-0.39, 0.29) is 22.6 Å². The molecule has 0 bridgehead atoms. The van der Waals surface area contributed by atoms with E-state index in [1.54, 1.807) is 6.07 Å². The fourth-order valence-corrected chi connectivity index (χ4v) is 2.58. The van der Waals surface area contributed by atoms with Gasteiger partial charge >= 0.3 is 0 Å². The third kappa shape index (κ3) is 3.28. The molecular weight excluding hydrogens is 338 g/mol. The first-order chi connectivity index (χ1) is 11.9. The summed E-state index contributed by atoms with van der Waals surface area (Å²) < 4.78 is 59.3. The number of benzene rings is 2. The van der Waals surface area contributed by atoms with Crippen LogP contribution in [0.25, 0.3) is 10.9 Å². The quantitative estimate of drug-likeness (QED) is 0.364. The molecule has 0 spiro atoms. The molecule has 1 aromatic heterocycles. The molecule has 2 aromatic carbocycles. The first-order valence-electron chi connectivity index (χ1n) is 7.25. The number of nitrogen functional groups attached to an aromatic ring is 1. The fourth-order valence-electron chi connectivity index (χ4n) is 2.58. The Bertz CT molecular complexity index is 952. The van der Waals surface area contributed by atoms with E-state index in [4.69, 9.17) is 15.9 Å². The fraction of sp³-hybridized carbons (Fsp3) is 0.118. The Kier molecular flexibility index (Phi) is 4.35. The number of H-pyrrole nitrogens is 1. The molecule has 0 saturated heterocycles. The Labute approximate surface area is 139 Å². The highest BCUT2D eigenvalue weighted by Crippen LogP contribution is 2.36. The molecule has 0 radical (unpaired) electrons. The maximum absolute atomic E-state index is 14.4. The molecule has 25 heavy (non-hydrogen) atoms. The zero-order chi connectivity index (χ0) is 18.1. The van der Waals surface area contributed by atoms with Gasteiger partial charge in [-0.3, -0.25) is 5.41 Å². The number of ether oxygens (including phenoxy) is 1. The van der Waals surface area contributed by atoms with Crippen LogP contribution in [-0.4, -0.2) is 17.2 Å². The van der Waals surface area contributed by atoms with E-state index in [0.29, 0.717) is 10.9 Å². The second-order valence-corrected chi connectivity index (χ2v) is 5.36. The maximum Gasteiger partial charge on any atom is 0.242 e. The van der Waals surface area contributed by atoms with Crippen molar-refractivity contribution in [3.05, 3.63) is 59.3 Å². The summed E-state index contributed by atoms with van der Waals surface area (Å²) in [6.45, 7) is 0. The summed E-state index contributed by atoms with van der Waals surface area (Å²) in [6.07, 6.45) is -1.90. The normalized spacial score (nSPS) is 11.2. The number of alkyl halides is 2. The number of hydrogen-bond acceptors (Lipinski definition) is 2. The summed E-state index contributed by atoms with van der Waals surface area (Å²) in [6, 6.07) is 6.00. The van der Waals surface area contributed by atoms with Crippen molar-refractivity contribution in [3.8, 4) is 11.5 Å². The Morgan fingerprint density at radius 1 is 1.16 bits per heavy atom. The van der Waals surface area contributed by atoms with Crippen molar-refractivity contribution in [2.24, 2.45) is 5.73 Å². The zero-order valence-corrected chi connectivity index (χ0v) is 12.7. The Morgan fingerprint density at radius 2 is 1.92 bits per heavy atom. The minimum atomic E-state index is -2.71. The first kappa shape index (κ1) is 16.8. The van der Waals surface area contributed by atoms with Gasteiger partial charge in [-0.05, 0) is 24.3 Å². The molecule has 0 aliphatic heterocycles. The van der Waals surface area contributed by atoms with E-state index in [0.717, 1.165) is 18.2 Å². The van der Waals surface area contributed by atoms with E-state index < -0.39 is 30.3 Å². The summed E-state index contributed by atoms with van der Waals surface area (Å²) in [5.74, 6) is -2.49. The molecule has 0 unspecified atom stereocenters. The summed E-state index contributed by atoms with van der Waals surface area (Å²) in [7, 11) is 0. The molecule has 0 aliphatic rings. The van der Waals surface area contributed by atoms with E-state index in [2.05, 4.69) is 4.98 Å². The molecule has 0 atom stereocenters. The lowest BCUT2D eigenvalue weighted by atomic mass is 10.1. The number of nitrogens with one attached hydrogen (secondary N) is 2. The van der Waals surface area contributed by atoms with Crippen LogP contribution < -0.4 is 10.5 Å². The number of amidine groups is 1. The first-order valence-corrected chi connectivity index (χ1v) is 7.25. The monoisotopic (exact) mass is 351 g/mol. The van der Waals surface area contributed by atoms with Crippen molar-refractivity contribution >= 4 is 16.7 Å². The molecule has 0 fully saturated rings. The largest absolute Gasteiger partial charge is 0.454 e. The average Bonchev–Trinajstić information content (AvgIpc) is 2.99. The average molecular weight is 351 g/mol. The van der Waals surface area contributed by atoms with Crippen LogP contribution in [0.15, 0.2) is 36.5 Å². The van der Waals surface area contributed by atoms with Crippen LogP contribution in [0, 0.1) is 17.0 Å². The van der Waals surface area contributed by atoms with Crippen LogP contribution in [0.1, 0.15) is 11.1 Å². The summed E-state index contributed by atoms with van der Waals surface area (Å²) in [5.41, 5.74) is 5.41. The van der Waals surface area contributed by atoms with E-state index in [9.17, 15) is 17.6 Å². The SMILES string of the molecule is N=C(N)c1cc(Oc2c(F)cc3[nH]ccc3c2CC(F)F)ccc1F. The van der Waals surface area contributed by atoms with Gasteiger partial charge in [-0.25, -0.2) is 17.6 Å². The van der Waals surface area contributed by atoms with Gasteiger partial charge in [0.2, 0.25) is 6.43 Å². The van der Waals surface area contributed by atoms with Crippen LogP contribution in [0.5, 0.6) is 11.5 Å². The molecule has 3 aromatic rings. The number of aromatic amines is 1. The number of rotatable bonds is 5. The lowest BCUT2D eigenvalue weighted by molar-refractivity contribution is 0.148. The van der Waals surface area contributed by atoms with Crippen molar-refractivity contribution in [3.63, 3.8) is 0 Å². The Morgan fingerprint density at radius 3 is 2.60 bits per heavy atom. The maximum atomic E-state index is 14.4. The van der Waals surface area contributed by atoms with Crippen LogP contribution in [0.4, 0.5) is 17.6 Å². The summed E-state index contributed by atoms with van der Waals surface area (Å²) in [4.78, 5) is 2.76. The molecule has 4 nitrogen and oxygen atoms in total. The van der Waals surface area contributed by atoms with Gasteiger partial charge in [-0.1, -0.05) is 0 Å². The molecule has 0 saturated carbocycles. The molecular formula is C17H13F4N3O. The minimum absolute atomic E-state index is 0.0000463. The summed E-state index contributed by atoms with van der Waals surface area (Å²) >= 11 is 0. The molecule has 1 heterocycles. The van der Waals surface area contributed by atoms with Crippen molar-refractivity contribution in [1.29, 1.82) is 5.41 Å². The van der Waals surface area contributed by atoms with Crippen LogP contribution in [-0.2, 0) is 6.42 Å². The van der Waals surface area contributed by atoms with Crippen molar-refractivity contribution in [2.75, 3.05) is 0 Å². The Balaban J connectivity index is 2.10. The minimum Gasteiger partial charge on any atom is -0.454 e. The number of halogens is 4. The lowest BCUT2D eigenvalue weighted by Gasteiger charge is -2.14. The van der Waals surface area contributed by atoms with Gasteiger partial charge in [0, 0.05) is 35.2 Å². The molecule has 0 aliphatic carbocycles. The van der Waals surface area contributed by atoms with Crippen molar-refractivity contribution in [2.45, 2.75) is 12.8 Å². The predicted octanol–water partition coefficient (Wildman–Crippen LogP) is 4.33. The third-order valence-electron chi connectivity index (χ3n) is 3.67. The second kappa shape index (κ2) is 6.46. The number of hydrogen-bond donors (Lipinski definition) is 3. The van der Waals surface area contributed by atoms with Crippen LogP contribution in [0.2, 0.25) is 0 Å². The number of aromatic nitrogens is 1. The zero-order valence-electron chi connectivity index (χ0n) is 12.7. The van der Waals surface area contributed by atoms with Gasteiger partial charge in [-0.2, -0.15) is 0 Å². The molecule has 130 valence electrons. The van der Waals surface area contributed by atoms with Gasteiger partial charge in [-0.15, -0.1) is 0 Å². The number of fused-ring (bicyclic) bond motifs is 1. The van der Waals surface area contributed by atoms with Crippen LogP contribution >= 0.6 is 0 Å². The third-order valence-corrected chi connectivity index (χ3v) is 3.67. The molecule has 3 rings (SSSR count).